The lowest BCUT2D eigenvalue weighted by molar-refractivity contribution is 0.0941. The van der Waals surface area contributed by atoms with Gasteiger partial charge in [0.15, 0.2) is 17.2 Å². The van der Waals surface area contributed by atoms with Gasteiger partial charge in [-0.05, 0) is 43.6 Å². The average molecular weight is 456 g/mol. The topological polar surface area (TPSA) is 83.3 Å². The predicted molar refractivity (Wildman–Crippen MR) is 122 cm³/mol. The second-order valence-electron chi connectivity index (χ2n) is 9.02. The lowest BCUT2D eigenvalue weighted by atomic mass is 10.1. The number of amides is 1. The molecule has 0 unspecified atom stereocenters. The number of hydrogen-bond donors (Lipinski definition) is 1. The number of piperidine rings is 1. The second kappa shape index (κ2) is 10.5. The molecule has 9 heteroatoms. The van der Waals surface area contributed by atoms with E-state index in [1.807, 2.05) is 6.07 Å². The number of carbonyl (C=O) groups is 1. The minimum absolute atomic E-state index is 0.157. The Labute approximate surface area is 194 Å². The Hall–Kier alpha value is -2.62. The number of ether oxygens (including phenoxy) is 2. The molecule has 1 N–H and O–H groups in total. The molecule has 33 heavy (non-hydrogen) atoms. The Bertz CT molecular complexity index is 935. The van der Waals surface area contributed by atoms with Crippen molar-refractivity contribution < 1.29 is 18.7 Å². The highest BCUT2D eigenvalue weighted by atomic mass is 16.7. The largest absolute Gasteiger partial charge is 0.454 e. The highest BCUT2D eigenvalue weighted by Crippen LogP contribution is 2.32. The van der Waals surface area contributed by atoms with E-state index in [4.69, 9.17) is 13.9 Å². The number of nitrogens with one attached hydrogen (secondary N) is 1. The molecule has 1 aromatic carbocycles. The molecule has 9 nitrogen and oxygen atoms in total. The van der Waals surface area contributed by atoms with E-state index in [2.05, 4.69) is 37.1 Å². The van der Waals surface area contributed by atoms with Gasteiger partial charge in [-0.1, -0.05) is 12.5 Å². The van der Waals surface area contributed by atoms with E-state index in [0.29, 0.717) is 31.5 Å². The van der Waals surface area contributed by atoms with E-state index in [0.717, 1.165) is 63.9 Å². The fourth-order valence-corrected chi connectivity index (χ4v) is 4.68. The molecule has 2 saturated heterocycles. The number of likely N-dealkylation sites (tertiary alicyclic amines) is 1. The third-order valence-corrected chi connectivity index (χ3v) is 6.61. The quantitative estimate of drug-likeness (QED) is 0.647. The van der Waals surface area contributed by atoms with Crippen LogP contribution in [0, 0.1) is 0 Å². The first-order valence-corrected chi connectivity index (χ1v) is 12.0. The van der Waals surface area contributed by atoms with Gasteiger partial charge in [0.1, 0.15) is 6.26 Å². The summed E-state index contributed by atoms with van der Waals surface area (Å²) in [6.07, 6.45) is 5.31. The molecule has 2 fully saturated rings. The number of benzene rings is 1. The van der Waals surface area contributed by atoms with Gasteiger partial charge in [-0.3, -0.25) is 14.6 Å². The van der Waals surface area contributed by atoms with Gasteiger partial charge < -0.3 is 24.1 Å². The van der Waals surface area contributed by atoms with Crippen LogP contribution in [0.3, 0.4) is 0 Å². The van der Waals surface area contributed by atoms with Gasteiger partial charge in [-0.15, -0.1) is 0 Å². The molecular formula is C24H33N5O4. The van der Waals surface area contributed by atoms with Crippen LogP contribution >= 0.6 is 0 Å². The number of nitrogens with zero attached hydrogens (tertiary/aromatic N) is 4. The van der Waals surface area contributed by atoms with Gasteiger partial charge in [0.2, 0.25) is 12.7 Å². The number of fused-ring (bicyclic) bond motifs is 1. The van der Waals surface area contributed by atoms with Gasteiger partial charge in [-0.2, -0.15) is 0 Å². The maximum atomic E-state index is 12.4. The number of oxazole rings is 1. The second-order valence-corrected chi connectivity index (χ2v) is 9.02. The van der Waals surface area contributed by atoms with Gasteiger partial charge in [-0.25, -0.2) is 4.98 Å². The molecule has 0 radical (unpaired) electrons. The van der Waals surface area contributed by atoms with E-state index >= 15 is 0 Å². The van der Waals surface area contributed by atoms with Crippen LogP contribution in [0.1, 0.15) is 41.2 Å². The summed E-state index contributed by atoms with van der Waals surface area (Å²) in [5.41, 5.74) is 1.60. The average Bonchev–Trinajstić information content (AvgIpc) is 3.50. The third-order valence-electron chi connectivity index (χ3n) is 6.61. The molecule has 2 aromatic rings. The van der Waals surface area contributed by atoms with Crippen molar-refractivity contribution in [2.75, 3.05) is 59.2 Å². The van der Waals surface area contributed by atoms with Crippen LogP contribution in [0.25, 0.3) is 0 Å². The van der Waals surface area contributed by atoms with Crippen molar-refractivity contribution >= 4 is 5.91 Å². The number of hydrogen-bond acceptors (Lipinski definition) is 8. The summed E-state index contributed by atoms with van der Waals surface area (Å²) in [6.45, 7) is 9.44. The molecule has 5 rings (SSSR count). The molecule has 1 amide bonds. The van der Waals surface area contributed by atoms with Crippen molar-refractivity contribution in [2.45, 2.75) is 32.4 Å². The van der Waals surface area contributed by atoms with Crippen molar-refractivity contribution in [3.05, 3.63) is 41.6 Å². The molecule has 0 aliphatic carbocycles. The van der Waals surface area contributed by atoms with E-state index in [9.17, 15) is 4.79 Å². The third kappa shape index (κ3) is 5.85. The van der Waals surface area contributed by atoms with Crippen molar-refractivity contribution in [3.63, 3.8) is 0 Å². The molecule has 0 atom stereocenters. The molecule has 3 aliphatic rings. The van der Waals surface area contributed by atoms with Gasteiger partial charge in [0.05, 0.1) is 6.54 Å². The van der Waals surface area contributed by atoms with Crippen LogP contribution in [-0.2, 0) is 13.1 Å². The molecule has 0 bridgehead atoms. The minimum atomic E-state index is -0.157. The summed E-state index contributed by atoms with van der Waals surface area (Å²) in [5.74, 6) is 2.10. The van der Waals surface area contributed by atoms with Crippen LogP contribution in [0.2, 0.25) is 0 Å². The first kappa shape index (κ1) is 22.2. The van der Waals surface area contributed by atoms with Gasteiger partial charge in [0.25, 0.3) is 5.91 Å². The van der Waals surface area contributed by atoms with Gasteiger partial charge in [0, 0.05) is 45.8 Å². The van der Waals surface area contributed by atoms with Crippen LogP contribution in [0.5, 0.6) is 11.5 Å². The summed E-state index contributed by atoms with van der Waals surface area (Å²) in [7, 11) is 0. The Morgan fingerprint density at radius 1 is 0.909 bits per heavy atom. The molecule has 1 aromatic heterocycles. The highest BCUT2D eigenvalue weighted by molar-refractivity contribution is 5.91. The SMILES string of the molecule is O=C(NCCN1CCCCC1)c1coc(CN2CCN(Cc3ccc4c(c3)OCO4)CC2)n1. The van der Waals surface area contributed by atoms with E-state index in [-0.39, 0.29) is 5.91 Å². The highest BCUT2D eigenvalue weighted by Gasteiger charge is 2.21. The lowest BCUT2D eigenvalue weighted by Gasteiger charge is -2.34. The normalized spacial score (nSPS) is 19.6. The molecule has 3 aliphatic heterocycles. The molecular weight excluding hydrogens is 422 g/mol. The summed E-state index contributed by atoms with van der Waals surface area (Å²) in [4.78, 5) is 24.0. The molecule has 0 spiro atoms. The van der Waals surface area contributed by atoms with E-state index < -0.39 is 0 Å². The molecule has 0 saturated carbocycles. The van der Waals surface area contributed by atoms with Crippen molar-refractivity contribution in [3.8, 4) is 11.5 Å². The standard InChI is InChI=1S/C24H33N5O4/c30-24(25-6-9-27-7-2-1-3-8-27)20-17-31-23(26-20)16-29-12-10-28(11-13-29)15-19-4-5-21-22(14-19)33-18-32-21/h4-5,14,17H,1-3,6-13,15-16,18H2,(H,25,30). The van der Waals surface area contributed by atoms with Gasteiger partial charge >= 0.3 is 0 Å². The summed E-state index contributed by atoms with van der Waals surface area (Å²) < 4.78 is 16.5. The number of aromatic nitrogens is 1. The summed E-state index contributed by atoms with van der Waals surface area (Å²) >= 11 is 0. The van der Waals surface area contributed by atoms with Crippen molar-refractivity contribution in [2.24, 2.45) is 0 Å². The molecule has 4 heterocycles. The smallest absolute Gasteiger partial charge is 0.273 e. The molecule has 178 valence electrons. The van der Waals surface area contributed by atoms with Crippen molar-refractivity contribution in [1.82, 2.24) is 25.0 Å². The lowest BCUT2D eigenvalue weighted by Crippen LogP contribution is -2.45. The number of carbonyl (C=O) groups excluding carboxylic acids is 1. The first-order valence-electron chi connectivity index (χ1n) is 12.0. The van der Waals surface area contributed by atoms with E-state index in [1.54, 1.807) is 0 Å². The van der Waals surface area contributed by atoms with Crippen LogP contribution in [-0.4, -0.2) is 84.7 Å². The zero-order valence-electron chi connectivity index (χ0n) is 19.1. The zero-order valence-corrected chi connectivity index (χ0v) is 19.1. The number of rotatable bonds is 8. The number of piperazine rings is 1. The first-order chi connectivity index (χ1) is 16.2. The fraction of sp³-hybridized carbons (Fsp3) is 0.583. The maximum Gasteiger partial charge on any atom is 0.273 e. The van der Waals surface area contributed by atoms with Crippen LogP contribution in [0.15, 0.2) is 28.9 Å². The fourth-order valence-electron chi connectivity index (χ4n) is 4.68. The van der Waals surface area contributed by atoms with Crippen molar-refractivity contribution in [1.29, 1.82) is 0 Å². The minimum Gasteiger partial charge on any atom is -0.454 e. The predicted octanol–water partition coefficient (Wildman–Crippen LogP) is 1.94. The Morgan fingerprint density at radius 2 is 1.67 bits per heavy atom. The van der Waals surface area contributed by atoms with Crippen LogP contribution < -0.4 is 14.8 Å². The maximum absolute atomic E-state index is 12.4. The Balaban J connectivity index is 1.03. The zero-order chi connectivity index (χ0) is 22.5. The van der Waals surface area contributed by atoms with E-state index in [1.165, 1.54) is 31.1 Å². The Kier molecular flexibility index (Phi) is 7.09. The summed E-state index contributed by atoms with van der Waals surface area (Å²) in [6, 6.07) is 6.16. The monoisotopic (exact) mass is 455 g/mol. The Morgan fingerprint density at radius 3 is 2.48 bits per heavy atom. The summed E-state index contributed by atoms with van der Waals surface area (Å²) in [5, 5.41) is 2.97. The van der Waals surface area contributed by atoms with Crippen LogP contribution in [0.4, 0.5) is 0 Å².